The lowest BCUT2D eigenvalue weighted by molar-refractivity contribution is 0.0907. The molecule has 1 N–H and O–H groups in total. The average molecular weight is 513 g/mol. The van der Waals surface area contributed by atoms with Gasteiger partial charge in [0.15, 0.2) is 11.8 Å². The van der Waals surface area contributed by atoms with Gasteiger partial charge in [-0.05, 0) is 32.3 Å². The molecule has 0 aliphatic carbocycles. The van der Waals surface area contributed by atoms with E-state index in [4.69, 9.17) is 14.3 Å². The summed E-state index contributed by atoms with van der Waals surface area (Å²) >= 11 is 0. The highest BCUT2D eigenvalue weighted by Gasteiger charge is 2.24. The predicted octanol–water partition coefficient (Wildman–Crippen LogP) is 3.43. The Hall–Kier alpha value is -1.68. The summed E-state index contributed by atoms with van der Waals surface area (Å²) in [5, 5.41) is 7.23. The molecule has 3 rings (SSSR count). The Morgan fingerprint density at radius 3 is 2.90 bits per heavy atom. The fraction of sp³-hybridized carbons (Fsp3) is 0.571. The van der Waals surface area contributed by atoms with E-state index in [-0.39, 0.29) is 24.0 Å². The topological polar surface area (TPSA) is 75.8 Å². The van der Waals surface area contributed by atoms with Crippen LogP contribution in [0, 0.1) is 12.8 Å². The van der Waals surface area contributed by atoms with Gasteiger partial charge in [0.05, 0.1) is 13.2 Å². The molecule has 7 nitrogen and oxygen atoms in total. The second-order valence-corrected chi connectivity index (χ2v) is 7.18. The van der Waals surface area contributed by atoms with Crippen molar-refractivity contribution in [3.8, 4) is 0 Å². The largest absolute Gasteiger partial charge is 0.376 e. The number of aromatic nitrogens is 2. The Bertz CT molecular complexity index is 738. The smallest absolute Gasteiger partial charge is 0.226 e. The van der Waals surface area contributed by atoms with Gasteiger partial charge in [-0.25, -0.2) is 0 Å². The molecular weight excluding hydrogens is 481 g/mol. The standard InChI is InChI=1S/C21H31N5O2.HI/c1-3-22-21(23-12-7-10-20-24-17(2)25-28-20)26-13-11-19(14-26)16-27-15-18-8-5-4-6-9-18;/h4-6,8-9,19H,3,7,10-16H2,1-2H3,(H,22,23);1H. The number of aliphatic imine (C=N–C) groups is 1. The lowest BCUT2D eigenvalue weighted by Gasteiger charge is -2.21. The Balaban J connectivity index is 0.00000300. The molecule has 0 spiro atoms. The quantitative estimate of drug-likeness (QED) is 0.240. The number of aryl methyl sites for hydroxylation is 2. The summed E-state index contributed by atoms with van der Waals surface area (Å²) in [6, 6.07) is 10.3. The van der Waals surface area contributed by atoms with Crippen LogP contribution >= 0.6 is 24.0 Å². The van der Waals surface area contributed by atoms with Gasteiger partial charge in [-0.1, -0.05) is 35.5 Å². The van der Waals surface area contributed by atoms with Crippen molar-refractivity contribution in [2.45, 2.75) is 39.7 Å². The van der Waals surface area contributed by atoms with Crippen LogP contribution in [-0.4, -0.2) is 53.8 Å². The van der Waals surface area contributed by atoms with Crippen molar-refractivity contribution in [3.63, 3.8) is 0 Å². The first kappa shape index (κ1) is 23.6. The number of nitrogens with one attached hydrogen (secondary N) is 1. The highest BCUT2D eigenvalue weighted by molar-refractivity contribution is 14.0. The molecule has 29 heavy (non-hydrogen) atoms. The van der Waals surface area contributed by atoms with Crippen LogP contribution < -0.4 is 5.32 Å². The maximum Gasteiger partial charge on any atom is 0.226 e. The van der Waals surface area contributed by atoms with Crippen molar-refractivity contribution < 1.29 is 9.26 Å². The van der Waals surface area contributed by atoms with Gasteiger partial charge in [0.25, 0.3) is 0 Å². The molecule has 2 heterocycles. The fourth-order valence-corrected chi connectivity index (χ4v) is 3.36. The Labute approximate surface area is 190 Å². The van der Waals surface area contributed by atoms with Gasteiger partial charge in [-0.3, -0.25) is 4.99 Å². The van der Waals surface area contributed by atoms with Crippen LogP contribution in [0.15, 0.2) is 39.8 Å². The van der Waals surface area contributed by atoms with E-state index in [1.54, 1.807) is 0 Å². The molecule has 8 heteroatoms. The van der Waals surface area contributed by atoms with Gasteiger partial charge in [0.1, 0.15) is 0 Å². The monoisotopic (exact) mass is 513 g/mol. The molecule has 2 aromatic rings. The lowest BCUT2D eigenvalue weighted by Crippen LogP contribution is -2.40. The van der Waals surface area contributed by atoms with E-state index in [1.807, 2.05) is 13.0 Å². The predicted molar refractivity (Wildman–Crippen MR) is 125 cm³/mol. The third-order valence-electron chi connectivity index (χ3n) is 4.77. The number of likely N-dealkylation sites (tertiary alicyclic amines) is 1. The van der Waals surface area contributed by atoms with E-state index in [2.05, 4.69) is 51.5 Å². The summed E-state index contributed by atoms with van der Waals surface area (Å²) < 4.78 is 11.1. The zero-order valence-electron chi connectivity index (χ0n) is 17.3. The number of rotatable bonds is 9. The van der Waals surface area contributed by atoms with Gasteiger partial charge < -0.3 is 19.5 Å². The number of guanidine groups is 1. The third kappa shape index (κ3) is 7.93. The molecule has 1 saturated heterocycles. The molecule has 0 bridgehead atoms. The zero-order chi connectivity index (χ0) is 19.6. The molecular formula is C21H32IN5O2. The summed E-state index contributed by atoms with van der Waals surface area (Å²) in [5.74, 6) is 2.92. The first-order valence-electron chi connectivity index (χ1n) is 10.2. The Morgan fingerprint density at radius 2 is 2.17 bits per heavy atom. The van der Waals surface area contributed by atoms with E-state index >= 15 is 0 Å². The molecule has 1 fully saturated rings. The second kappa shape index (κ2) is 12.8. The second-order valence-electron chi connectivity index (χ2n) is 7.18. The van der Waals surface area contributed by atoms with E-state index < -0.39 is 0 Å². The molecule has 160 valence electrons. The molecule has 1 aliphatic rings. The van der Waals surface area contributed by atoms with Crippen molar-refractivity contribution in [1.82, 2.24) is 20.4 Å². The number of hydrogen-bond acceptors (Lipinski definition) is 5. The number of nitrogens with zero attached hydrogens (tertiary/aromatic N) is 4. The van der Waals surface area contributed by atoms with Gasteiger partial charge >= 0.3 is 0 Å². The fourth-order valence-electron chi connectivity index (χ4n) is 3.36. The molecule has 1 aromatic carbocycles. The number of ether oxygens (including phenoxy) is 1. The van der Waals surface area contributed by atoms with Gasteiger partial charge in [0, 0.05) is 38.5 Å². The number of hydrogen-bond donors (Lipinski definition) is 1. The Morgan fingerprint density at radius 1 is 1.34 bits per heavy atom. The van der Waals surface area contributed by atoms with E-state index in [9.17, 15) is 0 Å². The number of benzene rings is 1. The third-order valence-corrected chi connectivity index (χ3v) is 4.77. The molecule has 1 atom stereocenters. The maximum absolute atomic E-state index is 5.93. The van der Waals surface area contributed by atoms with E-state index in [0.29, 0.717) is 24.2 Å². The highest BCUT2D eigenvalue weighted by atomic mass is 127. The van der Waals surface area contributed by atoms with Crippen LogP contribution in [0.5, 0.6) is 0 Å². The van der Waals surface area contributed by atoms with Crippen LogP contribution in [0.1, 0.15) is 37.0 Å². The summed E-state index contributed by atoms with van der Waals surface area (Å²) in [5.41, 5.74) is 1.23. The van der Waals surface area contributed by atoms with Crippen molar-refractivity contribution in [2.75, 3.05) is 32.8 Å². The minimum atomic E-state index is 0. The van der Waals surface area contributed by atoms with Crippen molar-refractivity contribution in [2.24, 2.45) is 10.9 Å². The maximum atomic E-state index is 5.93. The van der Waals surface area contributed by atoms with Crippen LogP contribution in [0.4, 0.5) is 0 Å². The molecule has 0 amide bonds. The van der Waals surface area contributed by atoms with Gasteiger partial charge in [-0.15, -0.1) is 24.0 Å². The van der Waals surface area contributed by atoms with Crippen molar-refractivity contribution >= 4 is 29.9 Å². The van der Waals surface area contributed by atoms with Crippen LogP contribution in [0.2, 0.25) is 0 Å². The molecule has 1 aromatic heterocycles. The van der Waals surface area contributed by atoms with Gasteiger partial charge in [-0.2, -0.15) is 4.98 Å². The van der Waals surface area contributed by atoms with E-state index in [0.717, 1.165) is 58.0 Å². The van der Waals surface area contributed by atoms with Crippen molar-refractivity contribution in [3.05, 3.63) is 47.6 Å². The molecule has 0 saturated carbocycles. The zero-order valence-corrected chi connectivity index (χ0v) is 19.7. The van der Waals surface area contributed by atoms with Crippen LogP contribution in [0.3, 0.4) is 0 Å². The Kier molecular flexibility index (Phi) is 10.4. The molecule has 1 aliphatic heterocycles. The highest BCUT2D eigenvalue weighted by Crippen LogP contribution is 2.17. The van der Waals surface area contributed by atoms with Crippen molar-refractivity contribution in [1.29, 1.82) is 0 Å². The molecule has 0 radical (unpaired) electrons. The number of halogens is 1. The molecule has 1 unspecified atom stereocenters. The van der Waals surface area contributed by atoms with Crippen LogP contribution in [0.25, 0.3) is 0 Å². The average Bonchev–Trinajstić information content (AvgIpc) is 3.34. The summed E-state index contributed by atoms with van der Waals surface area (Å²) in [4.78, 5) is 11.4. The lowest BCUT2D eigenvalue weighted by atomic mass is 10.1. The minimum absolute atomic E-state index is 0. The first-order chi connectivity index (χ1) is 13.7. The summed E-state index contributed by atoms with van der Waals surface area (Å²) in [6.45, 7) is 9.04. The minimum Gasteiger partial charge on any atom is -0.376 e. The van der Waals surface area contributed by atoms with Gasteiger partial charge in [0.2, 0.25) is 5.89 Å². The van der Waals surface area contributed by atoms with Crippen LogP contribution in [-0.2, 0) is 17.8 Å². The van der Waals surface area contributed by atoms with E-state index in [1.165, 1.54) is 5.56 Å². The summed E-state index contributed by atoms with van der Waals surface area (Å²) in [6.07, 6.45) is 2.80. The normalized spacial score (nSPS) is 16.7. The summed E-state index contributed by atoms with van der Waals surface area (Å²) in [7, 11) is 0. The first-order valence-corrected chi connectivity index (χ1v) is 10.2. The SMILES string of the molecule is CCNC(=NCCCc1nc(C)no1)N1CCC(COCc2ccccc2)C1.I.